The van der Waals surface area contributed by atoms with Crippen LogP contribution in [0.2, 0.25) is 0 Å². The van der Waals surface area contributed by atoms with Crippen molar-refractivity contribution in [1.82, 2.24) is 10.3 Å². The van der Waals surface area contributed by atoms with Gasteiger partial charge in [-0.2, -0.15) is 0 Å². The van der Waals surface area contributed by atoms with Crippen molar-refractivity contribution in [2.24, 2.45) is 0 Å². The number of carbonyl (C=O) groups is 1. The number of hydrogen-bond acceptors (Lipinski definition) is 4. The zero-order valence-electron chi connectivity index (χ0n) is 8.34. The molecule has 0 saturated carbocycles. The lowest BCUT2D eigenvalue weighted by atomic mass is 10.2. The first kappa shape index (κ1) is 10.4. The van der Waals surface area contributed by atoms with E-state index in [4.69, 9.17) is 4.74 Å². The predicted octanol–water partition coefficient (Wildman–Crippen LogP) is 1.31. The SMILES string of the molecule is CC(OC1NC(=O)CS1)c1ccccn1. The fourth-order valence-electron chi connectivity index (χ4n) is 1.31. The summed E-state index contributed by atoms with van der Waals surface area (Å²) in [4.78, 5) is 15.1. The number of rotatable bonds is 3. The number of hydrogen-bond donors (Lipinski definition) is 1. The lowest BCUT2D eigenvalue weighted by Crippen LogP contribution is -2.28. The fourth-order valence-corrected chi connectivity index (χ4v) is 2.16. The van der Waals surface area contributed by atoms with E-state index in [2.05, 4.69) is 10.3 Å². The van der Waals surface area contributed by atoms with Crippen LogP contribution in [0.4, 0.5) is 0 Å². The van der Waals surface area contributed by atoms with Crippen LogP contribution in [-0.2, 0) is 9.53 Å². The lowest BCUT2D eigenvalue weighted by Gasteiger charge is -2.16. The van der Waals surface area contributed by atoms with Crippen LogP contribution >= 0.6 is 11.8 Å². The summed E-state index contributed by atoms with van der Waals surface area (Å²) >= 11 is 1.46. The maximum absolute atomic E-state index is 10.9. The van der Waals surface area contributed by atoms with Crippen molar-refractivity contribution >= 4 is 17.7 Å². The summed E-state index contributed by atoms with van der Waals surface area (Å²) < 4.78 is 5.64. The Bertz CT molecular complexity index is 345. The minimum absolute atomic E-state index is 0.0261. The molecule has 1 fully saturated rings. The molecule has 0 aromatic carbocycles. The van der Waals surface area contributed by atoms with E-state index in [-0.39, 0.29) is 17.6 Å². The van der Waals surface area contributed by atoms with Gasteiger partial charge in [-0.1, -0.05) is 17.8 Å². The van der Waals surface area contributed by atoms with E-state index in [0.29, 0.717) is 5.75 Å². The Morgan fingerprint density at radius 2 is 2.53 bits per heavy atom. The van der Waals surface area contributed by atoms with Crippen LogP contribution in [0.25, 0.3) is 0 Å². The molecule has 2 unspecified atom stereocenters. The van der Waals surface area contributed by atoms with Gasteiger partial charge in [0.05, 0.1) is 11.4 Å². The van der Waals surface area contributed by atoms with Crippen molar-refractivity contribution in [2.75, 3.05) is 5.75 Å². The van der Waals surface area contributed by atoms with Gasteiger partial charge in [0, 0.05) is 6.20 Å². The Morgan fingerprint density at radius 3 is 3.13 bits per heavy atom. The third-order valence-electron chi connectivity index (χ3n) is 2.08. The lowest BCUT2D eigenvalue weighted by molar-refractivity contribution is -0.120. The monoisotopic (exact) mass is 224 g/mol. The number of aromatic nitrogens is 1. The van der Waals surface area contributed by atoms with Crippen molar-refractivity contribution in [2.45, 2.75) is 18.6 Å². The van der Waals surface area contributed by atoms with Crippen LogP contribution < -0.4 is 5.32 Å². The van der Waals surface area contributed by atoms with Crippen LogP contribution in [0, 0.1) is 0 Å². The number of nitrogens with one attached hydrogen (secondary N) is 1. The van der Waals surface area contributed by atoms with Crippen molar-refractivity contribution in [3.63, 3.8) is 0 Å². The van der Waals surface area contributed by atoms with Gasteiger partial charge in [-0.3, -0.25) is 9.78 Å². The molecule has 1 amide bonds. The van der Waals surface area contributed by atoms with Crippen LogP contribution in [0.5, 0.6) is 0 Å². The van der Waals surface area contributed by atoms with E-state index in [1.807, 2.05) is 25.1 Å². The molecular weight excluding hydrogens is 212 g/mol. The van der Waals surface area contributed by atoms with Crippen molar-refractivity contribution in [1.29, 1.82) is 0 Å². The second-order valence-electron chi connectivity index (χ2n) is 3.24. The molecule has 15 heavy (non-hydrogen) atoms. The molecular formula is C10H12N2O2S. The van der Waals surface area contributed by atoms with Gasteiger partial charge < -0.3 is 10.1 Å². The Hall–Kier alpha value is -1.07. The fraction of sp³-hybridized carbons (Fsp3) is 0.400. The van der Waals surface area contributed by atoms with Crippen LogP contribution in [0.3, 0.4) is 0 Å². The zero-order chi connectivity index (χ0) is 10.7. The number of amides is 1. The minimum Gasteiger partial charge on any atom is -0.340 e. The number of carbonyl (C=O) groups excluding carboxylic acids is 1. The Balaban J connectivity index is 1.92. The average molecular weight is 224 g/mol. The summed E-state index contributed by atoms with van der Waals surface area (Å²) in [6.07, 6.45) is 1.62. The van der Waals surface area contributed by atoms with E-state index in [1.165, 1.54) is 11.8 Å². The Labute approximate surface area is 92.4 Å². The maximum Gasteiger partial charge on any atom is 0.232 e. The second-order valence-corrected chi connectivity index (χ2v) is 4.29. The second kappa shape index (κ2) is 4.63. The van der Waals surface area contributed by atoms with Crippen molar-refractivity contribution in [3.05, 3.63) is 30.1 Å². The predicted molar refractivity (Wildman–Crippen MR) is 58.1 cm³/mol. The van der Waals surface area contributed by atoms with Crippen LogP contribution in [0.1, 0.15) is 18.7 Å². The molecule has 0 bridgehead atoms. The van der Waals surface area contributed by atoms with Gasteiger partial charge in [0.25, 0.3) is 0 Å². The summed E-state index contributed by atoms with van der Waals surface area (Å²) in [5, 5.41) is 2.73. The van der Waals surface area contributed by atoms with E-state index in [1.54, 1.807) is 6.20 Å². The van der Waals surface area contributed by atoms with E-state index in [9.17, 15) is 4.79 Å². The normalized spacial score (nSPS) is 22.5. The maximum atomic E-state index is 10.9. The van der Waals surface area contributed by atoms with Gasteiger partial charge >= 0.3 is 0 Å². The van der Waals surface area contributed by atoms with Gasteiger partial charge in [0.1, 0.15) is 6.10 Å². The molecule has 1 aromatic rings. The standard InChI is InChI=1S/C10H12N2O2S/c1-7(8-4-2-3-5-11-8)14-10-12-9(13)6-15-10/h2-5,7,10H,6H2,1H3,(H,12,13). The first-order valence-electron chi connectivity index (χ1n) is 4.73. The van der Waals surface area contributed by atoms with Crippen LogP contribution in [-0.4, -0.2) is 22.2 Å². The highest BCUT2D eigenvalue weighted by Crippen LogP contribution is 2.23. The van der Waals surface area contributed by atoms with Gasteiger partial charge in [0.2, 0.25) is 5.91 Å². The molecule has 0 spiro atoms. The van der Waals surface area contributed by atoms with E-state index < -0.39 is 0 Å². The molecule has 2 atom stereocenters. The Morgan fingerprint density at radius 1 is 1.67 bits per heavy atom. The molecule has 2 heterocycles. The third kappa shape index (κ3) is 2.70. The number of pyridine rings is 1. The van der Waals surface area contributed by atoms with E-state index in [0.717, 1.165) is 5.69 Å². The largest absolute Gasteiger partial charge is 0.340 e. The molecule has 4 nitrogen and oxygen atoms in total. The highest BCUT2D eigenvalue weighted by atomic mass is 32.2. The molecule has 80 valence electrons. The summed E-state index contributed by atoms with van der Waals surface area (Å²) in [7, 11) is 0. The molecule has 2 rings (SSSR count). The highest BCUT2D eigenvalue weighted by molar-refractivity contribution is 8.00. The summed E-state index contributed by atoms with van der Waals surface area (Å²) in [5.74, 6) is 0.498. The van der Waals surface area contributed by atoms with Gasteiger partial charge in [-0.15, -0.1) is 0 Å². The molecule has 1 N–H and O–H groups in total. The molecule has 0 aliphatic carbocycles. The topological polar surface area (TPSA) is 51.2 Å². The van der Waals surface area contributed by atoms with Gasteiger partial charge in [-0.25, -0.2) is 0 Å². The molecule has 1 aromatic heterocycles. The highest BCUT2D eigenvalue weighted by Gasteiger charge is 2.24. The quantitative estimate of drug-likeness (QED) is 0.841. The minimum atomic E-state index is -0.241. The summed E-state index contributed by atoms with van der Waals surface area (Å²) in [6, 6.07) is 5.69. The summed E-state index contributed by atoms with van der Waals surface area (Å²) in [6.45, 7) is 1.92. The number of thioether (sulfide) groups is 1. The molecule has 0 radical (unpaired) electrons. The zero-order valence-corrected chi connectivity index (χ0v) is 9.16. The number of nitrogens with zero attached hydrogens (tertiary/aromatic N) is 1. The average Bonchev–Trinajstić information content (AvgIpc) is 2.65. The van der Waals surface area contributed by atoms with Crippen LogP contribution in [0.15, 0.2) is 24.4 Å². The molecule has 1 aliphatic heterocycles. The molecule has 5 heteroatoms. The van der Waals surface area contributed by atoms with E-state index >= 15 is 0 Å². The van der Waals surface area contributed by atoms with Crippen molar-refractivity contribution < 1.29 is 9.53 Å². The molecule has 1 aliphatic rings. The Kier molecular flexibility index (Phi) is 3.23. The third-order valence-corrected chi connectivity index (χ3v) is 3.04. The number of ether oxygens (including phenoxy) is 1. The van der Waals surface area contributed by atoms with Gasteiger partial charge in [-0.05, 0) is 19.1 Å². The van der Waals surface area contributed by atoms with Crippen molar-refractivity contribution in [3.8, 4) is 0 Å². The first-order valence-corrected chi connectivity index (χ1v) is 5.78. The summed E-state index contributed by atoms with van der Waals surface area (Å²) in [5.41, 5.74) is 0.633. The molecule has 1 saturated heterocycles. The first-order chi connectivity index (χ1) is 7.25. The smallest absolute Gasteiger partial charge is 0.232 e. The van der Waals surface area contributed by atoms with Gasteiger partial charge in [0.15, 0.2) is 5.56 Å².